The van der Waals surface area contributed by atoms with Crippen molar-refractivity contribution >= 4 is 17.4 Å². The number of rotatable bonds is 2. The Bertz CT molecular complexity index is 277. The lowest BCUT2D eigenvalue weighted by atomic mass is 10.2. The zero-order chi connectivity index (χ0) is 8.39. The smallest absolute Gasteiger partial charge is 0.0615 e. The average Bonchev–Trinajstić information content (AvgIpc) is 2.58. The van der Waals surface area contributed by atoms with Gasteiger partial charge >= 0.3 is 0 Å². The maximum Gasteiger partial charge on any atom is 0.0615 e. The molecular weight excluding hydrogens is 168 g/mol. The van der Waals surface area contributed by atoms with Gasteiger partial charge in [-0.3, -0.25) is 0 Å². The first-order valence-corrected chi connectivity index (χ1v) is 5.11. The maximum atomic E-state index is 8.59. The van der Waals surface area contributed by atoms with Crippen LogP contribution in [0.25, 0.3) is 6.08 Å². The molecule has 0 aromatic carbocycles. The molecule has 0 atom stereocenters. The van der Waals surface area contributed by atoms with Crippen molar-refractivity contribution in [1.82, 2.24) is 0 Å². The Balaban J connectivity index is 2.20. The van der Waals surface area contributed by atoms with Crippen LogP contribution in [-0.2, 0) is 12.8 Å². The highest BCUT2D eigenvalue weighted by Gasteiger charge is 2.13. The predicted molar refractivity (Wildman–Crippen MR) is 52.5 cm³/mol. The lowest BCUT2D eigenvalue weighted by molar-refractivity contribution is 0.343. The fraction of sp³-hybridized carbons (Fsp3) is 0.400. The van der Waals surface area contributed by atoms with E-state index in [0.29, 0.717) is 0 Å². The monoisotopic (exact) mass is 180 g/mol. The van der Waals surface area contributed by atoms with Gasteiger partial charge in [-0.25, -0.2) is 0 Å². The molecule has 0 saturated carbocycles. The molecular formula is C10H12OS. The third kappa shape index (κ3) is 1.45. The summed E-state index contributed by atoms with van der Waals surface area (Å²) in [5, 5.41) is 8.59. The molecule has 1 aromatic rings. The van der Waals surface area contributed by atoms with E-state index >= 15 is 0 Å². The number of hydrogen-bond donors (Lipinski definition) is 1. The second-order valence-corrected chi connectivity index (χ2v) is 4.20. The van der Waals surface area contributed by atoms with Crippen LogP contribution >= 0.6 is 11.3 Å². The zero-order valence-electron chi connectivity index (χ0n) is 6.92. The van der Waals surface area contributed by atoms with Crippen LogP contribution in [0.2, 0.25) is 0 Å². The minimum absolute atomic E-state index is 0.141. The molecule has 0 aliphatic heterocycles. The van der Waals surface area contributed by atoms with Gasteiger partial charge in [0.2, 0.25) is 0 Å². The molecule has 2 rings (SSSR count). The van der Waals surface area contributed by atoms with E-state index in [9.17, 15) is 0 Å². The Labute approximate surface area is 76.4 Å². The van der Waals surface area contributed by atoms with E-state index in [1.165, 1.54) is 29.7 Å². The summed E-state index contributed by atoms with van der Waals surface area (Å²) in [6.07, 6.45) is 7.63. The molecule has 0 saturated heterocycles. The molecule has 0 unspecified atom stereocenters. The molecule has 0 amide bonds. The van der Waals surface area contributed by atoms with Crippen LogP contribution in [-0.4, -0.2) is 11.7 Å². The van der Waals surface area contributed by atoms with Crippen LogP contribution in [0.5, 0.6) is 0 Å². The average molecular weight is 180 g/mol. The highest BCUT2D eigenvalue weighted by Crippen LogP contribution is 2.31. The van der Waals surface area contributed by atoms with Gasteiger partial charge in [-0.15, -0.1) is 11.3 Å². The Kier molecular flexibility index (Phi) is 2.28. The molecule has 1 heterocycles. The van der Waals surface area contributed by atoms with Gasteiger partial charge in [0.25, 0.3) is 0 Å². The third-order valence-corrected chi connectivity index (χ3v) is 3.36. The Morgan fingerprint density at radius 2 is 2.42 bits per heavy atom. The Hall–Kier alpha value is -0.600. The molecule has 1 aromatic heterocycles. The summed E-state index contributed by atoms with van der Waals surface area (Å²) in [5.41, 5.74) is 1.53. The molecule has 1 aliphatic carbocycles. The third-order valence-electron chi connectivity index (χ3n) is 2.15. The molecule has 1 nitrogen and oxygen atoms in total. The van der Waals surface area contributed by atoms with Gasteiger partial charge in [0, 0.05) is 9.75 Å². The molecule has 0 spiro atoms. The van der Waals surface area contributed by atoms with Gasteiger partial charge in [-0.2, -0.15) is 0 Å². The van der Waals surface area contributed by atoms with Crippen LogP contribution in [0, 0.1) is 0 Å². The van der Waals surface area contributed by atoms with Crippen molar-refractivity contribution < 1.29 is 5.11 Å². The minimum Gasteiger partial charge on any atom is -0.392 e. The standard InChI is InChI=1S/C10H12OS/c11-6-2-4-9-7-8-3-1-5-10(8)12-9/h2,4,7,11H,1,3,5-6H2/b4-2+. The van der Waals surface area contributed by atoms with Crippen molar-refractivity contribution in [2.24, 2.45) is 0 Å². The predicted octanol–water partition coefficient (Wildman–Crippen LogP) is 2.24. The van der Waals surface area contributed by atoms with E-state index < -0.39 is 0 Å². The van der Waals surface area contributed by atoms with Crippen molar-refractivity contribution in [3.8, 4) is 0 Å². The Morgan fingerprint density at radius 3 is 3.17 bits per heavy atom. The van der Waals surface area contributed by atoms with Gasteiger partial charge < -0.3 is 5.11 Å². The summed E-state index contributed by atoms with van der Waals surface area (Å²) >= 11 is 1.86. The van der Waals surface area contributed by atoms with Crippen molar-refractivity contribution in [2.75, 3.05) is 6.61 Å². The minimum atomic E-state index is 0.141. The number of thiophene rings is 1. The fourth-order valence-electron chi connectivity index (χ4n) is 1.60. The first-order valence-electron chi connectivity index (χ1n) is 4.29. The number of aliphatic hydroxyl groups is 1. The highest BCUT2D eigenvalue weighted by atomic mass is 32.1. The molecule has 0 bridgehead atoms. The van der Waals surface area contributed by atoms with E-state index in [-0.39, 0.29) is 6.61 Å². The number of aliphatic hydroxyl groups excluding tert-OH is 1. The number of fused-ring (bicyclic) bond motifs is 1. The topological polar surface area (TPSA) is 20.2 Å². The van der Waals surface area contributed by atoms with Crippen LogP contribution in [0.3, 0.4) is 0 Å². The second-order valence-electron chi connectivity index (χ2n) is 3.04. The van der Waals surface area contributed by atoms with Gasteiger partial charge in [-0.1, -0.05) is 6.08 Å². The molecule has 1 N–H and O–H groups in total. The van der Waals surface area contributed by atoms with Crippen LogP contribution in [0.1, 0.15) is 21.7 Å². The lowest BCUT2D eigenvalue weighted by Crippen LogP contribution is -1.71. The SMILES string of the molecule is OC/C=C/c1cc2c(s1)CCC2. The van der Waals surface area contributed by atoms with Gasteiger partial charge in [-0.05, 0) is 37.0 Å². The van der Waals surface area contributed by atoms with Gasteiger partial charge in [0.1, 0.15) is 0 Å². The first kappa shape index (κ1) is 8.02. The van der Waals surface area contributed by atoms with Crippen molar-refractivity contribution in [3.05, 3.63) is 27.5 Å². The van der Waals surface area contributed by atoms with E-state index in [1.807, 2.05) is 17.4 Å². The van der Waals surface area contributed by atoms with Crippen LogP contribution in [0.4, 0.5) is 0 Å². The summed E-state index contributed by atoms with van der Waals surface area (Å²) in [6.45, 7) is 0.141. The zero-order valence-corrected chi connectivity index (χ0v) is 7.73. The number of aryl methyl sites for hydroxylation is 2. The number of hydrogen-bond acceptors (Lipinski definition) is 2. The van der Waals surface area contributed by atoms with E-state index in [0.717, 1.165) is 0 Å². The summed E-state index contributed by atoms with van der Waals surface area (Å²) in [7, 11) is 0. The van der Waals surface area contributed by atoms with E-state index in [4.69, 9.17) is 5.11 Å². The summed E-state index contributed by atoms with van der Waals surface area (Å²) in [5.74, 6) is 0. The highest BCUT2D eigenvalue weighted by molar-refractivity contribution is 7.13. The molecule has 0 fully saturated rings. The molecule has 1 aliphatic rings. The lowest BCUT2D eigenvalue weighted by Gasteiger charge is -1.84. The van der Waals surface area contributed by atoms with E-state index in [1.54, 1.807) is 11.0 Å². The van der Waals surface area contributed by atoms with Gasteiger partial charge in [0.05, 0.1) is 6.61 Å². The van der Waals surface area contributed by atoms with Crippen LogP contribution < -0.4 is 0 Å². The van der Waals surface area contributed by atoms with Crippen molar-refractivity contribution in [1.29, 1.82) is 0 Å². The van der Waals surface area contributed by atoms with Crippen molar-refractivity contribution in [2.45, 2.75) is 19.3 Å². The normalized spacial score (nSPS) is 15.8. The quantitative estimate of drug-likeness (QED) is 0.740. The summed E-state index contributed by atoms with van der Waals surface area (Å²) < 4.78 is 0. The maximum absolute atomic E-state index is 8.59. The summed E-state index contributed by atoms with van der Waals surface area (Å²) in [6, 6.07) is 2.25. The molecule has 12 heavy (non-hydrogen) atoms. The second kappa shape index (κ2) is 3.42. The van der Waals surface area contributed by atoms with E-state index in [2.05, 4.69) is 6.07 Å². The Morgan fingerprint density at radius 1 is 1.50 bits per heavy atom. The largest absolute Gasteiger partial charge is 0.392 e. The molecule has 64 valence electrons. The fourth-order valence-corrected chi connectivity index (χ4v) is 2.79. The molecule has 0 radical (unpaired) electrons. The van der Waals surface area contributed by atoms with Crippen LogP contribution in [0.15, 0.2) is 12.1 Å². The molecule has 2 heteroatoms. The van der Waals surface area contributed by atoms with Crippen molar-refractivity contribution in [3.63, 3.8) is 0 Å². The first-order chi connectivity index (χ1) is 5.90. The van der Waals surface area contributed by atoms with Gasteiger partial charge in [0.15, 0.2) is 0 Å². The summed E-state index contributed by atoms with van der Waals surface area (Å²) in [4.78, 5) is 2.83.